The predicted molar refractivity (Wildman–Crippen MR) is 129 cm³/mol. The number of hydrogen-bond donors (Lipinski definition) is 2. The van der Waals surface area contributed by atoms with Crippen LogP contribution in [-0.2, 0) is 6.18 Å². The summed E-state index contributed by atoms with van der Waals surface area (Å²) in [4.78, 5) is 0.352. The summed E-state index contributed by atoms with van der Waals surface area (Å²) in [7, 11) is 0. The van der Waals surface area contributed by atoms with E-state index in [4.69, 9.17) is 4.52 Å². The zero-order chi connectivity index (χ0) is 24.9. The zero-order valence-electron chi connectivity index (χ0n) is 18.3. The molecule has 0 aliphatic heterocycles. The van der Waals surface area contributed by atoms with Gasteiger partial charge in [-0.05, 0) is 40.2 Å². The molecule has 3 aromatic carbocycles. The lowest BCUT2D eigenvalue weighted by atomic mass is 10.0. The Balaban J connectivity index is 1.52. The van der Waals surface area contributed by atoms with Crippen LogP contribution in [0.15, 0.2) is 89.8 Å². The number of rotatable bonds is 3. The molecule has 0 aliphatic carbocycles. The molecule has 180 valence electrons. The van der Waals surface area contributed by atoms with E-state index < -0.39 is 11.9 Å². The fourth-order valence-corrected chi connectivity index (χ4v) is 4.75. The number of fused-ring (bicyclic) bond motifs is 2. The van der Waals surface area contributed by atoms with Crippen molar-refractivity contribution >= 4 is 27.1 Å². The molecular formula is C25H16F3N5O2S. The Bertz CT molecular complexity index is 1770. The lowest BCUT2D eigenvalue weighted by Gasteiger charge is -2.06. The van der Waals surface area contributed by atoms with Gasteiger partial charge in [0.15, 0.2) is 5.69 Å². The first-order chi connectivity index (χ1) is 17.3. The van der Waals surface area contributed by atoms with Crippen LogP contribution in [0.2, 0.25) is 0 Å². The Labute approximate surface area is 204 Å². The summed E-state index contributed by atoms with van der Waals surface area (Å²) >= 11 is 1.10. The van der Waals surface area contributed by atoms with Crippen molar-refractivity contribution in [2.75, 3.05) is 0 Å². The van der Waals surface area contributed by atoms with Gasteiger partial charge in [-0.1, -0.05) is 59.9 Å². The summed E-state index contributed by atoms with van der Waals surface area (Å²) in [5, 5.41) is 23.1. The fourth-order valence-electron chi connectivity index (χ4n) is 3.90. The summed E-state index contributed by atoms with van der Waals surface area (Å²) in [5.41, 5.74) is 1.00. The van der Waals surface area contributed by atoms with Gasteiger partial charge in [0, 0.05) is 11.1 Å². The molecule has 0 amide bonds. The van der Waals surface area contributed by atoms with E-state index in [1.54, 1.807) is 30.5 Å². The van der Waals surface area contributed by atoms with Crippen LogP contribution in [-0.4, -0.2) is 29.7 Å². The van der Waals surface area contributed by atoms with Gasteiger partial charge < -0.3 is 9.63 Å². The number of phenolic OH excluding ortho intramolecular Hbond substituents is 1. The summed E-state index contributed by atoms with van der Waals surface area (Å²) in [6.07, 6.45) is -1.65. The highest BCUT2D eigenvalue weighted by atomic mass is 32.1. The largest absolute Gasteiger partial charge is 0.508 e. The number of aromatic amines is 1. The lowest BCUT2D eigenvalue weighted by Crippen LogP contribution is -2.07. The maximum Gasteiger partial charge on any atom is 0.435 e. The molecule has 0 unspecified atom stereocenters. The smallest absolute Gasteiger partial charge is 0.435 e. The van der Waals surface area contributed by atoms with E-state index in [-0.39, 0.29) is 11.4 Å². The monoisotopic (exact) mass is 507 g/mol. The van der Waals surface area contributed by atoms with E-state index in [1.807, 2.05) is 36.4 Å². The van der Waals surface area contributed by atoms with Crippen molar-refractivity contribution < 1.29 is 22.8 Å². The van der Waals surface area contributed by atoms with Gasteiger partial charge in [0.05, 0.1) is 17.6 Å². The summed E-state index contributed by atoms with van der Waals surface area (Å²) in [6, 6.07) is 20.7. The molecule has 6 rings (SSSR count). The van der Waals surface area contributed by atoms with Gasteiger partial charge in [0.1, 0.15) is 17.0 Å². The number of H-pyrrole nitrogens is 1. The molecule has 3 aromatic heterocycles. The average Bonchev–Trinajstić information content (AvgIpc) is 3.43. The lowest BCUT2D eigenvalue weighted by molar-refractivity contribution is -0.141. The van der Waals surface area contributed by atoms with E-state index in [0.29, 0.717) is 26.8 Å². The van der Waals surface area contributed by atoms with Gasteiger partial charge in [0.2, 0.25) is 4.96 Å². The minimum absolute atomic E-state index is 0.0730. The summed E-state index contributed by atoms with van der Waals surface area (Å²) < 4.78 is 49.1. The highest BCUT2D eigenvalue weighted by Gasteiger charge is 2.35. The van der Waals surface area contributed by atoms with Crippen LogP contribution in [0, 0.1) is 0 Å². The first-order valence-corrected chi connectivity index (χ1v) is 11.5. The molecule has 3 heterocycles. The number of thiazole rings is 1. The van der Waals surface area contributed by atoms with Crippen LogP contribution < -0.4 is 0 Å². The van der Waals surface area contributed by atoms with Crippen molar-refractivity contribution in [1.29, 1.82) is 0 Å². The molecule has 0 saturated heterocycles. The Kier molecular flexibility index (Phi) is 5.07. The SMILES string of the molecule is Oc1cccc(-c2conc3sc(-n4nc(C(F)(F)F)cc4-c4ccc5ccccc5c4)cn3[nH]2)c1. The van der Waals surface area contributed by atoms with Crippen LogP contribution in [0.1, 0.15) is 5.69 Å². The quantitative estimate of drug-likeness (QED) is 0.275. The van der Waals surface area contributed by atoms with Gasteiger partial charge in [0.25, 0.3) is 0 Å². The zero-order valence-corrected chi connectivity index (χ0v) is 19.1. The number of alkyl halides is 3. The third-order valence-electron chi connectivity index (χ3n) is 5.59. The van der Waals surface area contributed by atoms with Crippen molar-refractivity contribution in [3.8, 4) is 33.3 Å². The minimum atomic E-state index is -4.62. The molecule has 0 spiro atoms. The third kappa shape index (κ3) is 3.99. The maximum atomic E-state index is 13.7. The van der Waals surface area contributed by atoms with Crippen LogP contribution >= 0.6 is 11.3 Å². The Morgan fingerprint density at radius 3 is 2.56 bits per heavy atom. The molecule has 0 aliphatic rings. The number of aromatic nitrogens is 5. The number of halogens is 3. The van der Waals surface area contributed by atoms with E-state index >= 15 is 0 Å². The number of nitrogens with zero attached hydrogens (tertiary/aromatic N) is 4. The average molecular weight is 507 g/mol. The first-order valence-electron chi connectivity index (χ1n) is 10.7. The molecule has 0 fully saturated rings. The molecule has 36 heavy (non-hydrogen) atoms. The van der Waals surface area contributed by atoms with Gasteiger partial charge in [-0.2, -0.15) is 18.3 Å². The van der Waals surface area contributed by atoms with Crippen LogP contribution in [0.5, 0.6) is 5.75 Å². The minimum Gasteiger partial charge on any atom is -0.508 e. The highest BCUT2D eigenvalue weighted by Crippen LogP contribution is 2.35. The molecule has 0 saturated carbocycles. The second-order valence-electron chi connectivity index (χ2n) is 8.00. The number of hydrogen-bond acceptors (Lipinski definition) is 5. The number of phenols is 1. The molecule has 6 aromatic rings. The van der Waals surface area contributed by atoms with Gasteiger partial charge in [-0.3, -0.25) is 5.10 Å². The molecule has 0 atom stereocenters. The molecular weight excluding hydrogens is 491 g/mol. The van der Waals surface area contributed by atoms with E-state index in [2.05, 4.69) is 15.4 Å². The second kappa shape index (κ2) is 8.31. The maximum absolute atomic E-state index is 13.7. The molecule has 0 radical (unpaired) electrons. The molecule has 0 bridgehead atoms. The van der Waals surface area contributed by atoms with Crippen molar-refractivity contribution in [2.45, 2.75) is 6.18 Å². The van der Waals surface area contributed by atoms with Crippen molar-refractivity contribution in [3.05, 3.63) is 91.0 Å². The topological polar surface area (TPSA) is 84.3 Å². The normalized spacial score (nSPS) is 11.9. The van der Waals surface area contributed by atoms with Crippen molar-refractivity contribution in [3.63, 3.8) is 0 Å². The Morgan fingerprint density at radius 2 is 1.75 bits per heavy atom. The Morgan fingerprint density at radius 1 is 0.917 bits per heavy atom. The van der Waals surface area contributed by atoms with Crippen molar-refractivity contribution in [1.82, 2.24) is 24.6 Å². The second-order valence-corrected chi connectivity index (χ2v) is 8.99. The fraction of sp³-hybridized carbons (Fsp3) is 0.0400. The standard InChI is InChI=1S/C25H16F3N5O2S/c26-25(27,28)22-12-21(18-9-8-15-4-1-2-5-16(15)10-18)33(30-22)23-13-32-24(36-23)31-35-14-20(29-32)17-6-3-7-19(34)11-17/h1-14,29,34H. The molecule has 11 heteroatoms. The summed E-state index contributed by atoms with van der Waals surface area (Å²) in [6.45, 7) is 0. The van der Waals surface area contributed by atoms with Crippen LogP contribution in [0.3, 0.4) is 0 Å². The Hall–Kier alpha value is -4.51. The van der Waals surface area contributed by atoms with Crippen LogP contribution in [0.4, 0.5) is 13.2 Å². The van der Waals surface area contributed by atoms with Gasteiger partial charge in [-0.25, -0.2) is 9.20 Å². The number of nitrogens with one attached hydrogen (secondary N) is 1. The van der Waals surface area contributed by atoms with E-state index in [1.165, 1.54) is 21.5 Å². The number of benzene rings is 3. The van der Waals surface area contributed by atoms with Crippen molar-refractivity contribution in [2.24, 2.45) is 0 Å². The molecule has 7 nitrogen and oxygen atoms in total. The molecule has 2 N–H and O–H groups in total. The highest BCUT2D eigenvalue weighted by molar-refractivity contribution is 7.19. The van der Waals surface area contributed by atoms with Gasteiger partial charge >= 0.3 is 6.18 Å². The predicted octanol–water partition coefficient (Wildman–Crippen LogP) is 6.84. The van der Waals surface area contributed by atoms with Gasteiger partial charge in [-0.15, -0.1) is 0 Å². The van der Waals surface area contributed by atoms with E-state index in [0.717, 1.165) is 28.2 Å². The van der Waals surface area contributed by atoms with E-state index in [9.17, 15) is 18.3 Å². The first kappa shape index (κ1) is 22.0. The number of aromatic hydroxyl groups is 1. The van der Waals surface area contributed by atoms with Crippen LogP contribution in [0.25, 0.3) is 43.2 Å². The summed E-state index contributed by atoms with van der Waals surface area (Å²) in [5.74, 6) is 0.0730. The third-order valence-corrected chi connectivity index (χ3v) is 6.54.